The van der Waals surface area contributed by atoms with Crippen LogP contribution in [0.5, 0.6) is 0 Å². The van der Waals surface area contributed by atoms with E-state index in [4.69, 9.17) is 0 Å². The van der Waals surface area contributed by atoms with Crippen LogP contribution in [0.15, 0.2) is 12.7 Å². The molecule has 3 nitrogen and oxygen atoms in total. The fraction of sp³-hybridized carbons (Fsp3) is 0.625. The van der Waals surface area contributed by atoms with Crippen molar-refractivity contribution in [1.29, 1.82) is 0 Å². The quantitative estimate of drug-likeness (QED) is 0.467. The van der Waals surface area contributed by atoms with Crippen LogP contribution in [-0.4, -0.2) is 28.2 Å². The van der Waals surface area contributed by atoms with E-state index in [1.807, 2.05) is 0 Å². The van der Waals surface area contributed by atoms with Gasteiger partial charge in [-0.1, -0.05) is 6.58 Å². The van der Waals surface area contributed by atoms with Crippen LogP contribution in [0.4, 0.5) is 0 Å². The van der Waals surface area contributed by atoms with E-state index in [1.54, 1.807) is 0 Å². The number of nitrogens with zero attached hydrogens (tertiary/aromatic N) is 1. The lowest BCUT2D eigenvalue weighted by molar-refractivity contribution is -0.117. The molecule has 1 heterocycles. The van der Waals surface area contributed by atoms with Crippen molar-refractivity contribution in [2.75, 3.05) is 13.1 Å². The van der Waals surface area contributed by atoms with Gasteiger partial charge < -0.3 is 5.32 Å². The summed E-state index contributed by atoms with van der Waals surface area (Å²) in [7, 11) is 0. The fourth-order valence-electron chi connectivity index (χ4n) is 1.25. The maximum atomic E-state index is 10.9. The van der Waals surface area contributed by atoms with E-state index >= 15 is 0 Å². The number of rotatable bonds is 2. The summed E-state index contributed by atoms with van der Waals surface area (Å²) < 4.78 is 2.24. The molecular formula is C8H13IN2O. The van der Waals surface area contributed by atoms with Crippen molar-refractivity contribution in [2.45, 2.75) is 18.9 Å². The van der Waals surface area contributed by atoms with Crippen molar-refractivity contribution in [3.05, 3.63) is 12.7 Å². The zero-order chi connectivity index (χ0) is 8.97. The van der Waals surface area contributed by atoms with E-state index in [2.05, 4.69) is 37.9 Å². The first kappa shape index (κ1) is 9.98. The number of nitrogens with one attached hydrogen (secondary N) is 1. The minimum Gasteiger partial charge on any atom is -0.350 e. The Bertz CT molecular complexity index is 176. The number of hydrogen-bond donors (Lipinski definition) is 1. The van der Waals surface area contributed by atoms with Gasteiger partial charge in [0.05, 0.1) is 0 Å². The Hall–Kier alpha value is -0.100. The summed E-state index contributed by atoms with van der Waals surface area (Å²) in [4.78, 5) is 10.9. The molecule has 1 N–H and O–H groups in total. The standard InChI is InChI=1S/C8H13IN2O/c1-2-8(12)10-7-3-5-11(9)6-4-7/h2,7H,1,3-6H2,(H,10,12). The number of carbonyl (C=O) groups is 1. The molecule has 1 amide bonds. The van der Waals surface area contributed by atoms with E-state index in [9.17, 15) is 4.79 Å². The first-order valence-corrected chi connectivity index (χ1v) is 5.02. The zero-order valence-corrected chi connectivity index (χ0v) is 9.08. The summed E-state index contributed by atoms with van der Waals surface area (Å²) in [5.74, 6) is -0.0538. The third-order valence-corrected chi connectivity index (χ3v) is 2.94. The minimum atomic E-state index is -0.0538. The van der Waals surface area contributed by atoms with E-state index < -0.39 is 0 Å². The maximum absolute atomic E-state index is 10.9. The number of carbonyl (C=O) groups excluding carboxylic acids is 1. The molecule has 4 heteroatoms. The van der Waals surface area contributed by atoms with E-state index in [1.165, 1.54) is 6.08 Å². The molecule has 0 aromatic carbocycles. The summed E-state index contributed by atoms with van der Waals surface area (Å²) >= 11 is 2.31. The smallest absolute Gasteiger partial charge is 0.243 e. The molecule has 1 rings (SSSR count). The molecule has 0 atom stereocenters. The third kappa shape index (κ3) is 3.10. The predicted octanol–water partition coefficient (Wildman–Crippen LogP) is 1.10. The van der Waals surface area contributed by atoms with Crippen LogP contribution >= 0.6 is 22.9 Å². The first-order valence-electron chi connectivity index (χ1n) is 4.06. The highest BCUT2D eigenvalue weighted by Gasteiger charge is 2.17. The molecule has 0 aliphatic carbocycles. The summed E-state index contributed by atoms with van der Waals surface area (Å²) in [6, 6.07) is 0.349. The van der Waals surface area contributed by atoms with Crippen molar-refractivity contribution < 1.29 is 4.79 Å². The van der Waals surface area contributed by atoms with Gasteiger partial charge in [0, 0.05) is 42.0 Å². The van der Waals surface area contributed by atoms with Gasteiger partial charge in [0.1, 0.15) is 0 Å². The van der Waals surface area contributed by atoms with Crippen LogP contribution in [0.2, 0.25) is 0 Å². The zero-order valence-electron chi connectivity index (χ0n) is 6.92. The molecule has 0 unspecified atom stereocenters. The normalized spacial score (nSPS) is 20.4. The monoisotopic (exact) mass is 280 g/mol. The number of hydrogen-bond acceptors (Lipinski definition) is 2. The van der Waals surface area contributed by atoms with E-state index in [-0.39, 0.29) is 5.91 Å². The topological polar surface area (TPSA) is 32.3 Å². The van der Waals surface area contributed by atoms with Crippen LogP contribution in [0.1, 0.15) is 12.8 Å². The van der Waals surface area contributed by atoms with Gasteiger partial charge in [0.25, 0.3) is 0 Å². The van der Waals surface area contributed by atoms with Crippen molar-refractivity contribution in [3.8, 4) is 0 Å². The second-order valence-electron chi connectivity index (χ2n) is 2.90. The summed E-state index contributed by atoms with van der Waals surface area (Å²) in [5.41, 5.74) is 0. The van der Waals surface area contributed by atoms with Gasteiger partial charge >= 0.3 is 0 Å². The second kappa shape index (κ2) is 4.81. The van der Waals surface area contributed by atoms with Crippen molar-refractivity contribution in [2.24, 2.45) is 0 Å². The maximum Gasteiger partial charge on any atom is 0.243 e. The van der Waals surface area contributed by atoms with Crippen LogP contribution < -0.4 is 5.32 Å². The van der Waals surface area contributed by atoms with Gasteiger partial charge in [-0.2, -0.15) is 0 Å². The molecule has 0 bridgehead atoms. The highest BCUT2D eigenvalue weighted by molar-refractivity contribution is 14.1. The van der Waals surface area contributed by atoms with Gasteiger partial charge in [-0.3, -0.25) is 4.79 Å². The van der Waals surface area contributed by atoms with E-state index in [0.717, 1.165) is 25.9 Å². The minimum absolute atomic E-state index is 0.0538. The molecular weight excluding hydrogens is 267 g/mol. The number of halogens is 1. The highest BCUT2D eigenvalue weighted by Crippen LogP contribution is 2.13. The lowest BCUT2D eigenvalue weighted by Gasteiger charge is -2.27. The Labute approximate surface area is 86.7 Å². The molecule has 0 saturated carbocycles. The Morgan fingerprint density at radius 2 is 2.17 bits per heavy atom. The molecule has 0 spiro atoms. The SMILES string of the molecule is C=CC(=O)NC1CCN(I)CC1. The number of amides is 1. The highest BCUT2D eigenvalue weighted by atomic mass is 127. The molecule has 1 aliphatic rings. The third-order valence-electron chi connectivity index (χ3n) is 1.97. The fourth-order valence-corrected chi connectivity index (χ4v) is 1.81. The van der Waals surface area contributed by atoms with Crippen LogP contribution in [0.25, 0.3) is 0 Å². The Morgan fingerprint density at radius 1 is 1.58 bits per heavy atom. The molecule has 12 heavy (non-hydrogen) atoms. The van der Waals surface area contributed by atoms with Crippen LogP contribution in [-0.2, 0) is 4.79 Å². The van der Waals surface area contributed by atoms with E-state index in [0.29, 0.717) is 6.04 Å². The number of piperidine rings is 1. The first-order chi connectivity index (χ1) is 5.72. The second-order valence-corrected chi connectivity index (χ2v) is 4.26. The molecule has 0 aromatic rings. The molecule has 0 aromatic heterocycles. The summed E-state index contributed by atoms with van der Waals surface area (Å²) in [6.45, 7) is 5.53. The molecule has 0 radical (unpaired) electrons. The summed E-state index contributed by atoms with van der Waals surface area (Å²) in [5, 5.41) is 2.90. The summed E-state index contributed by atoms with van der Waals surface area (Å²) in [6.07, 6.45) is 3.42. The molecule has 1 saturated heterocycles. The van der Waals surface area contributed by atoms with Gasteiger partial charge in [0.15, 0.2) is 0 Å². The average molecular weight is 280 g/mol. The molecule has 68 valence electrons. The van der Waals surface area contributed by atoms with Crippen LogP contribution in [0.3, 0.4) is 0 Å². The lowest BCUT2D eigenvalue weighted by atomic mass is 10.1. The molecule has 1 fully saturated rings. The van der Waals surface area contributed by atoms with Crippen molar-refractivity contribution in [3.63, 3.8) is 0 Å². The van der Waals surface area contributed by atoms with Gasteiger partial charge in [-0.25, -0.2) is 3.11 Å². The van der Waals surface area contributed by atoms with Crippen LogP contribution in [0, 0.1) is 0 Å². The molecule has 1 aliphatic heterocycles. The largest absolute Gasteiger partial charge is 0.350 e. The predicted molar refractivity (Wildman–Crippen MR) is 57.0 cm³/mol. The average Bonchev–Trinajstić information content (AvgIpc) is 2.09. The van der Waals surface area contributed by atoms with Gasteiger partial charge in [-0.05, 0) is 18.9 Å². The van der Waals surface area contributed by atoms with Gasteiger partial charge in [-0.15, -0.1) is 0 Å². The Kier molecular flexibility index (Phi) is 4.00. The Morgan fingerprint density at radius 3 is 2.67 bits per heavy atom. The van der Waals surface area contributed by atoms with Gasteiger partial charge in [0.2, 0.25) is 5.91 Å². The van der Waals surface area contributed by atoms with Crippen molar-refractivity contribution in [1.82, 2.24) is 8.43 Å². The lowest BCUT2D eigenvalue weighted by Crippen LogP contribution is -2.41. The van der Waals surface area contributed by atoms with Crippen molar-refractivity contribution >= 4 is 28.8 Å². The Balaban J connectivity index is 2.26.